The van der Waals surface area contributed by atoms with E-state index in [-0.39, 0.29) is 0 Å². The Bertz CT molecular complexity index is 699. The van der Waals surface area contributed by atoms with Crippen LogP contribution in [0.25, 0.3) is 0 Å². The number of carbonyl (C=O) groups excluding carboxylic acids is 1. The quantitative estimate of drug-likeness (QED) is 0.543. The molecule has 0 amide bonds. The zero-order chi connectivity index (χ0) is 16.9. The molecule has 0 atom stereocenters. The molecule has 0 radical (unpaired) electrons. The molecule has 2 aromatic carbocycles. The van der Waals surface area contributed by atoms with Gasteiger partial charge in [0.25, 0.3) is 0 Å². The first-order valence-corrected chi connectivity index (χ1v) is 8.27. The average Bonchev–Trinajstić information content (AvgIpc) is 2.49. The molecule has 0 bridgehead atoms. The summed E-state index contributed by atoms with van der Waals surface area (Å²) in [5, 5.41) is 8.61. The monoisotopic (exact) mass is 421 g/mol. The number of nitrogens with zero attached hydrogens (tertiary/aromatic N) is 1. The number of nitriles is 1. The Hall–Kier alpha value is -1.44. The van der Waals surface area contributed by atoms with Crippen molar-refractivity contribution < 1.29 is 4.79 Å². The normalized spacial score (nSPS) is 9.50. The first-order chi connectivity index (χ1) is 10.3. The zero-order valence-electron chi connectivity index (χ0n) is 13.0. The predicted molar refractivity (Wildman–Crippen MR) is 97.3 cm³/mol. The van der Waals surface area contributed by atoms with Crippen LogP contribution in [0.4, 0.5) is 0 Å². The molecule has 0 aromatic heterocycles. The summed E-state index contributed by atoms with van der Waals surface area (Å²) in [4.78, 5) is 10.4. The second-order valence-electron chi connectivity index (χ2n) is 5.12. The molecule has 22 heavy (non-hydrogen) atoms. The van der Waals surface area contributed by atoms with Crippen molar-refractivity contribution in [2.24, 2.45) is 0 Å². The van der Waals surface area contributed by atoms with Gasteiger partial charge >= 0.3 is 0 Å². The molecule has 2 rings (SSSR count). The van der Waals surface area contributed by atoms with Gasteiger partial charge in [0.1, 0.15) is 6.29 Å². The molecule has 0 aliphatic carbocycles. The van der Waals surface area contributed by atoms with E-state index in [0.717, 1.165) is 48.6 Å². The van der Waals surface area contributed by atoms with Gasteiger partial charge in [0.15, 0.2) is 0 Å². The van der Waals surface area contributed by atoms with Gasteiger partial charge < -0.3 is 0 Å². The van der Waals surface area contributed by atoms with E-state index in [2.05, 4.69) is 37.9 Å². The maximum atomic E-state index is 10.4. The van der Waals surface area contributed by atoms with Crippen LogP contribution in [0.1, 0.15) is 38.2 Å². The van der Waals surface area contributed by atoms with Crippen LogP contribution < -0.4 is 0 Å². The van der Waals surface area contributed by atoms with Crippen molar-refractivity contribution in [2.45, 2.75) is 27.7 Å². The molecule has 4 heteroatoms. The minimum Gasteiger partial charge on any atom is -0.298 e. The number of rotatable bonds is 1. The number of hydrogen-bond acceptors (Lipinski definition) is 2. The van der Waals surface area contributed by atoms with Crippen LogP contribution in [0.15, 0.2) is 33.2 Å². The van der Waals surface area contributed by atoms with Gasteiger partial charge in [-0.05, 0) is 74.2 Å². The van der Waals surface area contributed by atoms with Crippen LogP contribution in [0.3, 0.4) is 0 Å². The average molecular weight is 423 g/mol. The summed E-state index contributed by atoms with van der Waals surface area (Å²) in [6.07, 6.45) is 0.868. The maximum Gasteiger partial charge on any atom is 0.150 e. The van der Waals surface area contributed by atoms with Crippen LogP contribution in [-0.4, -0.2) is 6.29 Å². The lowest BCUT2D eigenvalue weighted by molar-refractivity contribution is 0.112. The molecule has 0 fully saturated rings. The summed E-state index contributed by atoms with van der Waals surface area (Å²) in [6.45, 7) is 7.92. The summed E-state index contributed by atoms with van der Waals surface area (Å²) >= 11 is 6.86. The third kappa shape index (κ3) is 4.79. The van der Waals surface area contributed by atoms with Gasteiger partial charge in [0, 0.05) is 14.5 Å². The Morgan fingerprint density at radius 3 is 1.55 bits per heavy atom. The van der Waals surface area contributed by atoms with E-state index in [1.165, 1.54) is 0 Å². The van der Waals surface area contributed by atoms with E-state index in [1.807, 2.05) is 52.0 Å². The van der Waals surface area contributed by atoms with Crippen LogP contribution in [0.5, 0.6) is 0 Å². The molecule has 0 spiro atoms. The number of halogens is 2. The van der Waals surface area contributed by atoms with Crippen molar-refractivity contribution in [3.05, 3.63) is 66.6 Å². The minimum atomic E-state index is 0.725. The zero-order valence-corrected chi connectivity index (χ0v) is 16.2. The Morgan fingerprint density at radius 1 is 0.864 bits per heavy atom. The van der Waals surface area contributed by atoms with Crippen LogP contribution in [0, 0.1) is 39.0 Å². The Morgan fingerprint density at radius 2 is 1.23 bits per heavy atom. The van der Waals surface area contributed by atoms with Gasteiger partial charge in [-0.1, -0.05) is 31.9 Å². The largest absolute Gasteiger partial charge is 0.298 e. The lowest BCUT2D eigenvalue weighted by Gasteiger charge is -2.02. The summed E-state index contributed by atoms with van der Waals surface area (Å²) in [5.41, 5.74) is 5.90. The van der Waals surface area contributed by atoms with Crippen LogP contribution in [-0.2, 0) is 0 Å². The van der Waals surface area contributed by atoms with Gasteiger partial charge in [-0.3, -0.25) is 4.79 Å². The Kier molecular flexibility index (Phi) is 6.99. The van der Waals surface area contributed by atoms with Crippen molar-refractivity contribution >= 4 is 38.1 Å². The molecule has 0 saturated heterocycles. The molecule has 0 N–H and O–H groups in total. The molecule has 114 valence electrons. The molecule has 0 aliphatic rings. The third-order valence-electron chi connectivity index (χ3n) is 3.16. The second kappa shape index (κ2) is 8.26. The van der Waals surface area contributed by atoms with Gasteiger partial charge in [0.05, 0.1) is 11.6 Å². The molecule has 0 saturated carbocycles. The fourth-order valence-electron chi connectivity index (χ4n) is 2.06. The van der Waals surface area contributed by atoms with Crippen molar-refractivity contribution in [2.75, 3.05) is 0 Å². The third-order valence-corrected chi connectivity index (χ3v) is 5.66. The standard InChI is InChI=1S/C9H8BrN.C9H9BrO/c2*1-6-3-8(5-11)4-7(2)9(6)10/h3-4H,1-2H3;3-5H,1-2H3. The van der Waals surface area contributed by atoms with Crippen LogP contribution in [0.2, 0.25) is 0 Å². The Balaban J connectivity index is 0.000000220. The van der Waals surface area contributed by atoms with Crippen molar-refractivity contribution in [1.82, 2.24) is 0 Å². The number of aryl methyl sites for hydroxylation is 4. The predicted octanol–water partition coefficient (Wildman–Crippen LogP) is 5.82. The molecule has 2 aromatic rings. The number of aldehydes is 1. The summed E-state index contributed by atoms with van der Waals surface area (Å²) in [5.74, 6) is 0. The lowest BCUT2D eigenvalue weighted by Crippen LogP contribution is -1.86. The van der Waals surface area contributed by atoms with Gasteiger partial charge in [-0.15, -0.1) is 0 Å². The number of benzene rings is 2. The lowest BCUT2D eigenvalue weighted by atomic mass is 10.1. The highest BCUT2D eigenvalue weighted by atomic mass is 79.9. The van der Waals surface area contributed by atoms with Crippen molar-refractivity contribution in [3.63, 3.8) is 0 Å². The van der Waals surface area contributed by atoms with Crippen molar-refractivity contribution in [1.29, 1.82) is 5.26 Å². The van der Waals surface area contributed by atoms with E-state index < -0.39 is 0 Å². The van der Waals surface area contributed by atoms with E-state index in [9.17, 15) is 4.79 Å². The highest BCUT2D eigenvalue weighted by molar-refractivity contribution is 9.10. The Labute approximate surface area is 148 Å². The minimum absolute atomic E-state index is 0.725. The SMILES string of the molecule is Cc1cc(C#N)cc(C)c1Br.Cc1cc(C=O)cc(C)c1Br. The molecular weight excluding hydrogens is 406 g/mol. The van der Waals surface area contributed by atoms with Crippen LogP contribution >= 0.6 is 31.9 Å². The van der Waals surface area contributed by atoms with E-state index in [0.29, 0.717) is 0 Å². The van der Waals surface area contributed by atoms with Crippen molar-refractivity contribution in [3.8, 4) is 6.07 Å². The molecule has 0 aliphatic heterocycles. The molecule has 0 unspecified atom stereocenters. The van der Waals surface area contributed by atoms with Gasteiger partial charge in [0.2, 0.25) is 0 Å². The summed E-state index contributed by atoms with van der Waals surface area (Å²) in [6, 6.07) is 9.59. The van der Waals surface area contributed by atoms with E-state index >= 15 is 0 Å². The smallest absolute Gasteiger partial charge is 0.150 e. The van der Waals surface area contributed by atoms with E-state index in [4.69, 9.17) is 5.26 Å². The molecular formula is C18H17Br2NO. The fraction of sp³-hybridized carbons (Fsp3) is 0.222. The molecule has 2 nitrogen and oxygen atoms in total. The highest BCUT2D eigenvalue weighted by Crippen LogP contribution is 2.22. The fourth-order valence-corrected chi connectivity index (χ4v) is 2.52. The first kappa shape index (κ1) is 18.6. The topological polar surface area (TPSA) is 40.9 Å². The number of hydrogen-bond donors (Lipinski definition) is 0. The maximum absolute atomic E-state index is 10.4. The highest BCUT2D eigenvalue weighted by Gasteiger charge is 2.01. The van der Waals surface area contributed by atoms with E-state index in [1.54, 1.807) is 0 Å². The molecule has 0 heterocycles. The van der Waals surface area contributed by atoms with Gasteiger partial charge in [-0.2, -0.15) is 5.26 Å². The summed E-state index contributed by atoms with van der Waals surface area (Å²) in [7, 11) is 0. The second-order valence-corrected chi connectivity index (χ2v) is 6.71. The van der Waals surface area contributed by atoms with Gasteiger partial charge in [-0.25, -0.2) is 0 Å². The summed E-state index contributed by atoms with van der Waals surface area (Å²) < 4.78 is 2.18. The first-order valence-electron chi connectivity index (χ1n) is 6.69. The number of carbonyl (C=O) groups is 1.